The van der Waals surface area contributed by atoms with E-state index in [2.05, 4.69) is 5.32 Å². The molecule has 0 aliphatic heterocycles. The van der Waals surface area contributed by atoms with Gasteiger partial charge in [0.05, 0.1) is 6.10 Å². The van der Waals surface area contributed by atoms with Crippen molar-refractivity contribution in [3.05, 3.63) is 28.2 Å². The average Bonchev–Trinajstić information content (AvgIpc) is 3.10. The molecule has 2 amide bonds. The lowest BCUT2D eigenvalue weighted by Crippen LogP contribution is -2.38. The first-order valence-electron chi connectivity index (χ1n) is 6.12. The van der Waals surface area contributed by atoms with Crippen LogP contribution in [0.3, 0.4) is 0 Å². The van der Waals surface area contributed by atoms with Crippen molar-refractivity contribution in [1.29, 1.82) is 0 Å². The zero-order valence-electron chi connectivity index (χ0n) is 10.6. The number of urea groups is 1. The minimum absolute atomic E-state index is 0.293. The number of amides is 2. The second-order valence-corrected chi connectivity index (χ2v) is 5.75. The van der Waals surface area contributed by atoms with Crippen LogP contribution < -0.4 is 5.32 Å². The smallest absolute Gasteiger partial charge is 0.321 e. The molecule has 0 saturated heterocycles. The molecule has 19 heavy (non-hydrogen) atoms. The first kappa shape index (κ1) is 14.4. The summed E-state index contributed by atoms with van der Waals surface area (Å²) in [5, 5.41) is 13.4. The third-order valence-electron chi connectivity index (χ3n) is 3.09. The molecule has 0 heterocycles. The van der Waals surface area contributed by atoms with Gasteiger partial charge >= 0.3 is 6.03 Å². The second-order valence-electron chi connectivity index (χ2n) is 4.87. The van der Waals surface area contributed by atoms with Gasteiger partial charge in [-0.3, -0.25) is 0 Å². The minimum Gasteiger partial charge on any atom is -0.391 e. The van der Waals surface area contributed by atoms with Gasteiger partial charge in [0, 0.05) is 29.3 Å². The highest BCUT2D eigenvalue weighted by atomic mass is 35.5. The molecule has 0 bridgehead atoms. The maximum absolute atomic E-state index is 11.9. The number of halogens is 2. The van der Waals surface area contributed by atoms with E-state index in [0.29, 0.717) is 28.2 Å². The van der Waals surface area contributed by atoms with E-state index < -0.39 is 6.10 Å². The maximum Gasteiger partial charge on any atom is 0.321 e. The molecule has 6 heteroatoms. The largest absolute Gasteiger partial charge is 0.391 e. The van der Waals surface area contributed by atoms with Crippen LogP contribution in [0.5, 0.6) is 0 Å². The van der Waals surface area contributed by atoms with Crippen molar-refractivity contribution in [2.24, 2.45) is 5.92 Å². The number of nitrogens with zero attached hydrogens (tertiary/aromatic N) is 1. The van der Waals surface area contributed by atoms with E-state index in [1.54, 1.807) is 25.2 Å². The molecule has 1 aliphatic rings. The fourth-order valence-corrected chi connectivity index (χ4v) is 2.36. The van der Waals surface area contributed by atoms with Gasteiger partial charge in [0.2, 0.25) is 0 Å². The maximum atomic E-state index is 11.9. The molecule has 104 valence electrons. The van der Waals surface area contributed by atoms with Crippen molar-refractivity contribution in [2.75, 3.05) is 18.9 Å². The summed E-state index contributed by atoms with van der Waals surface area (Å²) in [6.07, 6.45) is 1.64. The van der Waals surface area contributed by atoms with Crippen molar-refractivity contribution < 1.29 is 9.90 Å². The third kappa shape index (κ3) is 4.27. The molecule has 2 N–H and O–H groups in total. The van der Waals surface area contributed by atoms with Crippen molar-refractivity contribution in [3.8, 4) is 0 Å². The third-order valence-corrected chi connectivity index (χ3v) is 3.52. The van der Waals surface area contributed by atoms with Crippen LogP contribution in [0.25, 0.3) is 0 Å². The predicted molar refractivity (Wildman–Crippen MR) is 76.8 cm³/mol. The van der Waals surface area contributed by atoms with Gasteiger partial charge in [0.15, 0.2) is 0 Å². The molecule has 1 unspecified atom stereocenters. The van der Waals surface area contributed by atoms with Gasteiger partial charge in [-0.25, -0.2) is 4.79 Å². The first-order chi connectivity index (χ1) is 8.95. The number of aliphatic hydroxyl groups excluding tert-OH is 1. The molecule has 1 aromatic rings. The fourth-order valence-electron chi connectivity index (χ4n) is 1.84. The van der Waals surface area contributed by atoms with E-state index in [1.165, 1.54) is 4.90 Å². The summed E-state index contributed by atoms with van der Waals surface area (Å²) in [6, 6.07) is 4.55. The van der Waals surface area contributed by atoms with Crippen molar-refractivity contribution >= 4 is 34.9 Å². The van der Waals surface area contributed by atoms with E-state index >= 15 is 0 Å². The normalized spacial score (nSPS) is 16.0. The van der Waals surface area contributed by atoms with Gasteiger partial charge in [0.1, 0.15) is 0 Å². The first-order valence-corrected chi connectivity index (χ1v) is 6.87. The molecule has 1 aromatic carbocycles. The Morgan fingerprint density at radius 1 is 1.42 bits per heavy atom. The van der Waals surface area contributed by atoms with E-state index in [4.69, 9.17) is 23.2 Å². The summed E-state index contributed by atoms with van der Waals surface area (Å²) in [6.45, 7) is 0.324. The highest BCUT2D eigenvalue weighted by Crippen LogP contribution is 2.32. The number of benzene rings is 1. The predicted octanol–water partition coefficient (Wildman–Crippen LogP) is 3.23. The van der Waals surface area contributed by atoms with Crippen LogP contribution in [-0.2, 0) is 0 Å². The Morgan fingerprint density at radius 2 is 2.00 bits per heavy atom. The van der Waals surface area contributed by atoms with Gasteiger partial charge < -0.3 is 15.3 Å². The van der Waals surface area contributed by atoms with E-state index in [9.17, 15) is 9.90 Å². The van der Waals surface area contributed by atoms with Crippen LogP contribution in [-0.4, -0.2) is 35.7 Å². The van der Waals surface area contributed by atoms with E-state index in [-0.39, 0.29) is 6.03 Å². The van der Waals surface area contributed by atoms with Gasteiger partial charge in [-0.2, -0.15) is 0 Å². The summed E-state index contributed by atoms with van der Waals surface area (Å²) in [5.41, 5.74) is 0.537. The van der Waals surface area contributed by atoms with Crippen LogP contribution >= 0.6 is 23.2 Å². The van der Waals surface area contributed by atoms with Crippen molar-refractivity contribution in [2.45, 2.75) is 18.9 Å². The molecule has 4 nitrogen and oxygen atoms in total. The summed E-state index contributed by atoms with van der Waals surface area (Å²) in [4.78, 5) is 13.4. The lowest BCUT2D eigenvalue weighted by Gasteiger charge is -2.21. The summed E-state index contributed by atoms with van der Waals surface area (Å²) in [7, 11) is 1.65. The van der Waals surface area contributed by atoms with Gasteiger partial charge in [-0.15, -0.1) is 0 Å². The number of carbonyl (C=O) groups is 1. The lowest BCUT2D eigenvalue weighted by molar-refractivity contribution is 0.117. The SMILES string of the molecule is CN(CC(O)C1CC1)C(=O)Nc1cc(Cl)cc(Cl)c1. The number of hydrogen-bond acceptors (Lipinski definition) is 2. The number of likely N-dealkylation sites (N-methyl/N-ethyl adjacent to an activating group) is 1. The van der Waals surface area contributed by atoms with E-state index in [1.807, 2.05) is 0 Å². The monoisotopic (exact) mass is 302 g/mol. The minimum atomic E-state index is -0.446. The second kappa shape index (κ2) is 5.99. The molecule has 0 radical (unpaired) electrons. The Balaban J connectivity index is 1.91. The van der Waals surface area contributed by atoms with Crippen molar-refractivity contribution in [3.63, 3.8) is 0 Å². The fraction of sp³-hybridized carbons (Fsp3) is 0.462. The van der Waals surface area contributed by atoms with Crippen molar-refractivity contribution in [1.82, 2.24) is 4.90 Å². The molecule has 0 aromatic heterocycles. The molecule has 1 atom stereocenters. The van der Waals surface area contributed by atoms with Crippen LogP contribution in [0.4, 0.5) is 10.5 Å². The number of aliphatic hydroxyl groups is 1. The van der Waals surface area contributed by atoms with Crippen LogP contribution in [0.2, 0.25) is 10.0 Å². The van der Waals surface area contributed by atoms with Gasteiger partial charge in [-0.05, 0) is 37.0 Å². The molecule has 1 aliphatic carbocycles. The average molecular weight is 303 g/mol. The van der Waals surface area contributed by atoms with Crippen LogP contribution in [0, 0.1) is 5.92 Å². The summed E-state index contributed by atoms with van der Waals surface area (Å²) < 4.78 is 0. The Labute approximate surface area is 122 Å². The standard InChI is InChI=1S/C13H16Cl2N2O2/c1-17(7-12(18)8-2-3-8)13(19)16-11-5-9(14)4-10(15)6-11/h4-6,8,12,18H,2-3,7H2,1H3,(H,16,19). The summed E-state index contributed by atoms with van der Waals surface area (Å²) in [5.74, 6) is 0.343. The Bertz CT molecular complexity index is 457. The number of anilines is 1. The highest BCUT2D eigenvalue weighted by molar-refractivity contribution is 6.35. The Kier molecular flexibility index (Phi) is 4.55. The number of carbonyl (C=O) groups excluding carboxylic acids is 1. The summed E-state index contributed by atoms with van der Waals surface area (Å²) >= 11 is 11.7. The van der Waals surface area contributed by atoms with Crippen LogP contribution in [0.15, 0.2) is 18.2 Å². The lowest BCUT2D eigenvalue weighted by atomic mass is 10.2. The number of hydrogen-bond donors (Lipinski definition) is 2. The number of nitrogens with one attached hydrogen (secondary N) is 1. The number of rotatable bonds is 4. The topological polar surface area (TPSA) is 52.6 Å². The molecule has 0 spiro atoms. The zero-order valence-corrected chi connectivity index (χ0v) is 12.1. The van der Waals surface area contributed by atoms with Crippen LogP contribution in [0.1, 0.15) is 12.8 Å². The molecule has 1 fully saturated rings. The zero-order chi connectivity index (χ0) is 14.0. The molecule has 1 saturated carbocycles. The molecular formula is C13H16Cl2N2O2. The molecule has 2 rings (SSSR count). The Hall–Kier alpha value is -0.970. The van der Waals surface area contributed by atoms with Gasteiger partial charge in [0.25, 0.3) is 0 Å². The van der Waals surface area contributed by atoms with Gasteiger partial charge in [-0.1, -0.05) is 23.2 Å². The quantitative estimate of drug-likeness (QED) is 0.897. The van der Waals surface area contributed by atoms with E-state index in [0.717, 1.165) is 12.8 Å². The Morgan fingerprint density at radius 3 is 2.53 bits per heavy atom. The molecular weight excluding hydrogens is 287 g/mol. The highest BCUT2D eigenvalue weighted by Gasteiger charge is 2.31.